The molecule has 100 valence electrons. The number of ether oxygens (including phenoxy) is 1. The molecule has 0 saturated heterocycles. The summed E-state index contributed by atoms with van der Waals surface area (Å²) in [5, 5.41) is 12.9. The number of aliphatic hydroxyl groups is 1. The van der Waals surface area contributed by atoms with E-state index < -0.39 is 0 Å². The number of fused-ring (bicyclic) bond motifs is 1. The van der Waals surface area contributed by atoms with Crippen LogP contribution in [0.25, 0.3) is 0 Å². The molecule has 1 aliphatic rings. The van der Waals surface area contributed by atoms with Crippen molar-refractivity contribution in [2.75, 3.05) is 13.2 Å². The number of hydrogen-bond donors (Lipinski definition) is 2. The van der Waals surface area contributed by atoms with Gasteiger partial charge in [-0.3, -0.25) is 0 Å². The van der Waals surface area contributed by atoms with Crippen molar-refractivity contribution in [2.24, 2.45) is 0 Å². The highest BCUT2D eigenvalue weighted by atomic mass is 16.5. The summed E-state index contributed by atoms with van der Waals surface area (Å²) in [6.07, 6.45) is 1.62. The lowest BCUT2D eigenvalue weighted by Crippen LogP contribution is -2.34. The molecule has 0 aromatic heterocycles. The van der Waals surface area contributed by atoms with Gasteiger partial charge < -0.3 is 15.2 Å². The number of rotatable bonds is 5. The zero-order chi connectivity index (χ0) is 13.0. The second-order valence-electron chi connectivity index (χ2n) is 5.27. The van der Waals surface area contributed by atoms with E-state index in [2.05, 4.69) is 24.4 Å². The van der Waals surface area contributed by atoms with E-state index in [1.165, 1.54) is 5.56 Å². The van der Waals surface area contributed by atoms with Gasteiger partial charge in [0.15, 0.2) is 0 Å². The molecule has 3 atom stereocenters. The Hall–Kier alpha value is -1.06. The van der Waals surface area contributed by atoms with Crippen molar-refractivity contribution >= 4 is 0 Å². The van der Waals surface area contributed by atoms with Gasteiger partial charge in [0.2, 0.25) is 0 Å². The zero-order valence-electron chi connectivity index (χ0n) is 11.2. The topological polar surface area (TPSA) is 41.5 Å². The third kappa shape index (κ3) is 3.47. The highest BCUT2D eigenvalue weighted by Crippen LogP contribution is 2.32. The smallest absolute Gasteiger partial charge is 0.122 e. The van der Waals surface area contributed by atoms with Crippen molar-refractivity contribution in [1.29, 1.82) is 0 Å². The Balaban J connectivity index is 1.91. The summed E-state index contributed by atoms with van der Waals surface area (Å²) in [6.45, 7) is 5.71. The summed E-state index contributed by atoms with van der Waals surface area (Å²) >= 11 is 0. The van der Waals surface area contributed by atoms with E-state index in [-0.39, 0.29) is 6.10 Å². The summed E-state index contributed by atoms with van der Waals surface area (Å²) in [6, 6.07) is 8.63. The monoisotopic (exact) mass is 249 g/mol. The molecular weight excluding hydrogens is 226 g/mol. The molecule has 0 fully saturated rings. The Labute approximate surface area is 109 Å². The molecule has 1 aliphatic heterocycles. The van der Waals surface area contributed by atoms with Gasteiger partial charge in [-0.1, -0.05) is 18.2 Å². The van der Waals surface area contributed by atoms with Crippen LogP contribution in [0.2, 0.25) is 0 Å². The van der Waals surface area contributed by atoms with Gasteiger partial charge in [-0.15, -0.1) is 0 Å². The van der Waals surface area contributed by atoms with Crippen LogP contribution >= 0.6 is 0 Å². The molecule has 3 unspecified atom stereocenters. The molecule has 3 nitrogen and oxygen atoms in total. The Morgan fingerprint density at radius 1 is 1.39 bits per heavy atom. The quantitative estimate of drug-likeness (QED) is 0.841. The van der Waals surface area contributed by atoms with Gasteiger partial charge >= 0.3 is 0 Å². The standard InChI is InChI=1S/C15H23NO2/c1-11(9-12(2)17)16-10-13-7-8-18-15-6-4-3-5-14(13)15/h3-6,11-13,16-17H,7-10H2,1-2H3. The number of aliphatic hydroxyl groups excluding tert-OH is 1. The van der Waals surface area contributed by atoms with E-state index in [9.17, 15) is 5.11 Å². The van der Waals surface area contributed by atoms with E-state index in [1.54, 1.807) is 0 Å². The minimum absolute atomic E-state index is 0.241. The van der Waals surface area contributed by atoms with Crippen molar-refractivity contribution in [3.63, 3.8) is 0 Å². The highest BCUT2D eigenvalue weighted by Gasteiger charge is 2.21. The van der Waals surface area contributed by atoms with Crippen LogP contribution in [0.3, 0.4) is 0 Å². The Morgan fingerprint density at radius 3 is 2.94 bits per heavy atom. The molecule has 1 heterocycles. The first-order chi connectivity index (χ1) is 8.66. The van der Waals surface area contributed by atoms with Gasteiger partial charge in [0.25, 0.3) is 0 Å². The molecule has 0 amide bonds. The fourth-order valence-electron chi connectivity index (χ4n) is 2.57. The molecule has 2 rings (SSSR count). The fourth-order valence-corrected chi connectivity index (χ4v) is 2.57. The van der Waals surface area contributed by atoms with E-state index in [0.29, 0.717) is 12.0 Å². The van der Waals surface area contributed by atoms with Gasteiger partial charge in [0, 0.05) is 18.5 Å². The SMILES string of the molecule is CC(O)CC(C)NCC1CCOc2ccccc21. The summed E-state index contributed by atoms with van der Waals surface area (Å²) in [5.74, 6) is 1.55. The van der Waals surface area contributed by atoms with Gasteiger partial charge in [0.1, 0.15) is 5.75 Å². The summed E-state index contributed by atoms with van der Waals surface area (Å²) in [5.41, 5.74) is 1.31. The van der Waals surface area contributed by atoms with Crippen LogP contribution in [0.4, 0.5) is 0 Å². The van der Waals surface area contributed by atoms with Crippen molar-refractivity contribution in [2.45, 2.75) is 44.8 Å². The Bertz CT molecular complexity index is 379. The van der Waals surface area contributed by atoms with Crippen molar-refractivity contribution in [3.05, 3.63) is 29.8 Å². The molecule has 0 spiro atoms. The molecule has 1 aromatic carbocycles. The number of nitrogens with one attached hydrogen (secondary N) is 1. The molecule has 2 N–H and O–H groups in total. The molecule has 0 bridgehead atoms. The Kier molecular flexibility index (Phi) is 4.61. The molecule has 3 heteroatoms. The fraction of sp³-hybridized carbons (Fsp3) is 0.600. The average molecular weight is 249 g/mol. The maximum Gasteiger partial charge on any atom is 0.122 e. The average Bonchev–Trinajstić information content (AvgIpc) is 2.35. The maximum absolute atomic E-state index is 9.36. The maximum atomic E-state index is 9.36. The second kappa shape index (κ2) is 6.21. The summed E-state index contributed by atoms with van der Waals surface area (Å²) in [4.78, 5) is 0. The second-order valence-corrected chi connectivity index (χ2v) is 5.27. The first-order valence-corrected chi connectivity index (χ1v) is 6.80. The molecule has 0 aliphatic carbocycles. The zero-order valence-corrected chi connectivity index (χ0v) is 11.2. The van der Waals surface area contributed by atoms with Gasteiger partial charge in [-0.25, -0.2) is 0 Å². The van der Waals surface area contributed by atoms with Crippen LogP contribution in [0.15, 0.2) is 24.3 Å². The summed E-state index contributed by atoms with van der Waals surface area (Å²) in [7, 11) is 0. The number of para-hydroxylation sites is 1. The third-order valence-corrected chi connectivity index (χ3v) is 3.49. The minimum atomic E-state index is -0.241. The van der Waals surface area contributed by atoms with Crippen molar-refractivity contribution in [1.82, 2.24) is 5.32 Å². The molecular formula is C15H23NO2. The summed E-state index contributed by atoms with van der Waals surface area (Å²) < 4.78 is 5.66. The third-order valence-electron chi connectivity index (χ3n) is 3.49. The Morgan fingerprint density at radius 2 is 2.17 bits per heavy atom. The van der Waals surface area contributed by atoms with Crippen LogP contribution in [-0.2, 0) is 0 Å². The van der Waals surface area contributed by atoms with Crippen LogP contribution < -0.4 is 10.1 Å². The van der Waals surface area contributed by atoms with Gasteiger partial charge in [0.05, 0.1) is 12.7 Å². The van der Waals surface area contributed by atoms with Crippen molar-refractivity contribution in [3.8, 4) is 5.75 Å². The number of hydrogen-bond acceptors (Lipinski definition) is 3. The van der Waals surface area contributed by atoms with Crippen molar-refractivity contribution < 1.29 is 9.84 Å². The van der Waals surface area contributed by atoms with Gasteiger partial charge in [-0.05, 0) is 38.3 Å². The lowest BCUT2D eigenvalue weighted by atomic mass is 9.93. The minimum Gasteiger partial charge on any atom is -0.493 e. The van der Waals surface area contributed by atoms with Crippen LogP contribution in [0.5, 0.6) is 5.75 Å². The molecule has 0 saturated carbocycles. The highest BCUT2D eigenvalue weighted by molar-refractivity contribution is 5.37. The van der Waals surface area contributed by atoms with Crippen LogP contribution in [0.1, 0.15) is 38.2 Å². The lowest BCUT2D eigenvalue weighted by molar-refractivity contribution is 0.169. The van der Waals surface area contributed by atoms with Crippen LogP contribution in [0, 0.1) is 0 Å². The normalized spacial score (nSPS) is 21.8. The molecule has 1 aromatic rings. The molecule has 0 radical (unpaired) electrons. The first-order valence-electron chi connectivity index (χ1n) is 6.80. The predicted molar refractivity (Wildman–Crippen MR) is 73.1 cm³/mol. The molecule has 18 heavy (non-hydrogen) atoms. The largest absolute Gasteiger partial charge is 0.493 e. The van der Waals surface area contributed by atoms with Crippen LogP contribution in [-0.4, -0.2) is 30.4 Å². The lowest BCUT2D eigenvalue weighted by Gasteiger charge is -2.27. The number of benzene rings is 1. The van der Waals surface area contributed by atoms with E-state index >= 15 is 0 Å². The van der Waals surface area contributed by atoms with E-state index in [0.717, 1.165) is 31.7 Å². The first kappa shape index (κ1) is 13.4. The predicted octanol–water partition coefficient (Wildman–Crippen LogP) is 2.30. The van der Waals surface area contributed by atoms with E-state index in [1.807, 2.05) is 19.1 Å². The van der Waals surface area contributed by atoms with E-state index in [4.69, 9.17) is 4.74 Å². The van der Waals surface area contributed by atoms with Gasteiger partial charge in [-0.2, -0.15) is 0 Å².